The number of hydrogen-bond acceptors (Lipinski definition) is 4. The maximum atomic E-state index is 13.8. The Morgan fingerprint density at radius 1 is 0.971 bits per heavy atom. The van der Waals surface area contributed by atoms with Crippen molar-refractivity contribution in [1.82, 2.24) is 10.2 Å². The lowest BCUT2D eigenvalue weighted by atomic mass is 10.1. The summed E-state index contributed by atoms with van der Waals surface area (Å²) in [5.41, 5.74) is 4.03. The van der Waals surface area contributed by atoms with E-state index in [4.69, 9.17) is 0 Å². The molecule has 0 bridgehead atoms. The zero-order chi connectivity index (χ0) is 26.3. The first kappa shape index (κ1) is 28.4. The Balaban J connectivity index is 2.49. The fourth-order valence-corrected chi connectivity index (χ4v) is 4.85. The molecule has 0 radical (unpaired) electrons. The van der Waals surface area contributed by atoms with Crippen LogP contribution in [0.1, 0.15) is 55.9 Å². The largest absolute Gasteiger partial charge is 0.352 e. The molecule has 2 amide bonds. The van der Waals surface area contributed by atoms with Gasteiger partial charge in [-0.1, -0.05) is 55.8 Å². The smallest absolute Gasteiger partial charge is 0.244 e. The summed E-state index contributed by atoms with van der Waals surface area (Å²) in [4.78, 5) is 28.4. The second-order valence-corrected chi connectivity index (χ2v) is 11.2. The van der Waals surface area contributed by atoms with Crippen molar-refractivity contribution in [2.45, 2.75) is 73.0 Å². The van der Waals surface area contributed by atoms with Gasteiger partial charge >= 0.3 is 0 Å². The van der Waals surface area contributed by atoms with E-state index in [9.17, 15) is 18.0 Å². The molecule has 0 unspecified atom stereocenters. The summed E-state index contributed by atoms with van der Waals surface area (Å²) < 4.78 is 26.7. The van der Waals surface area contributed by atoms with Gasteiger partial charge in [0.25, 0.3) is 0 Å². The molecule has 0 heterocycles. The Labute approximate surface area is 210 Å². The highest BCUT2D eigenvalue weighted by molar-refractivity contribution is 7.92. The van der Waals surface area contributed by atoms with Crippen molar-refractivity contribution in [3.63, 3.8) is 0 Å². The van der Waals surface area contributed by atoms with Crippen LogP contribution in [0, 0.1) is 20.8 Å². The summed E-state index contributed by atoms with van der Waals surface area (Å²) in [5.74, 6) is -0.663. The van der Waals surface area contributed by atoms with Gasteiger partial charge in [0.15, 0.2) is 0 Å². The molecule has 0 aliphatic heterocycles. The summed E-state index contributed by atoms with van der Waals surface area (Å²) in [6, 6.07) is 12.5. The van der Waals surface area contributed by atoms with Crippen LogP contribution in [0.15, 0.2) is 42.5 Å². The summed E-state index contributed by atoms with van der Waals surface area (Å²) in [6.45, 7) is 11.2. The molecule has 2 aromatic rings. The minimum Gasteiger partial charge on any atom is -0.352 e. The third-order valence-corrected chi connectivity index (χ3v) is 7.26. The van der Waals surface area contributed by atoms with Crippen LogP contribution in [0.4, 0.5) is 5.69 Å². The number of nitrogens with one attached hydrogen (secondary N) is 1. The molecule has 0 saturated carbocycles. The first-order chi connectivity index (χ1) is 16.4. The molecule has 2 rings (SSSR count). The van der Waals surface area contributed by atoms with E-state index >= 15 is 0 Å². The van der Waals surface area contributed by atoms with Crippen molar-refractivity contribution < 1.29 is 18.0 Å². The first-order valence-corrected chi connectivity index (χ1v) is 13.9. The monoisotopic (exact) mass is 501 g/mol. The van der Waals surface area contributed by atoms with E-state index < -0.39 is 22.0 Å². The lowest BCUT2D eigenvalue weighted by molar-refractivity contribution is -0.140. The molecule has 0 saturated heterocycles. The van der Waals surface area contributed by atoms with Crippen LogP contribution in [0.5, 0.6) is 0 Å². The highest BCUT2D eigenvalue weighted by Crippen LogP contribution is 2.25. The summed E-state index contributed by atoms with van der Waals surface area (Å²) >= 11 is 0. The molecule has 2 aromatic carbocycles. The average Bonchev–Trinajstić information content (AvgIpc) is 2.78. The normalized spacial score (nSPS) is 13.1. The minimum absolute atomic E-state index is 0.0325. The van der Waals surface area contributed by atoms with E-state index in [1.807, 2.05) is 77.9 Å². The SMILES string of the molecule is CC[C@H](C(=O)N[C@@H](C)CC)N(Cc1cccc(C)c1)C(=O)CN(c1cc(C)ccc1C)S(C)(=O)=O. The Morgan fingerprint density at radius 2 is 1.63 bits per heavy atom. The Morgan fingerprint density at radius 3 is 2.20 bits per heavy atom. The minimum atomic E-state index is -3.76. The second-order valence-electron chi connectivity index (χ2n) is 9.31. The molecular weight excluding hydrogens is 462 g/mol. The highest BCUT2D eigenvalue weighted by Gasteiger charge is 2.32. The predicted molar refractivity (Wildman–Crippen MR) is 142 cm³/mol. The number of sulfonamides is 1. The molecule has 1 N–H and O–H groups in total. The van der Waals surface area contributed by atoms with Crippen LogP contribution in [-0.2, 0) is 26.2 Å². The van der Waals surface area contributed by atoms with Crippen molar-refractivity contribution in [3.05, 3.63) is 64.7 Å². The molecule has 0 fully saturated rings. The number of anilines is 1. The highest BCUT2D eigenvalue weighted by atomic mass is 32.2. The fourth-order valence-electron chi connectivity index (χ4n) is 3.95. The summed E-state index contributed by atoms with van der Waals surface area (Å²) in [6.07, 6.45) is 2.27. The molecule has 0 spiro atoms. The zero-order valence-corrected chi connectivity index (χ0v) is 22.8. The third-order valence-electron chi connectivity index (χ3n) is 6.13. The molecular formula is C27H39N3O4S. The maximum Gasteiger partial charge on any atom is 0.244 e. The van der Waals surface area contributed by atoms with Crippen molar-refractivity contribution >= 4 is 27.5 Å². The molecule has 7 nitrogen and oxygen atoms in total. The van der Waals surface area contributed by atoms with E-state index in [2.05, 4.69) is 5.32 Å². The quantitative estimate of drug-likeness (QED) is 0.502. The van der Waals surface area contributed by atoms with E-state index in [0.717, 1.165) is 39.2 Å². The van der Waals surface area contributed by atoms with Crippen molar-refractivity contribution in [1.29, 1.82) is 0 Å². The zero-order valence-electron chi connectivity index (χ0n) is 22.0. The Hall–Kier alpha value is -2.87. The van der Waals surface area contributed by atoms with Crippen LogP contribution in [0.3, 0.4) is 0 Å². The molecule has 8 heteroatoms. The fraction of sp³-hybridized carbons (Fsp3) is 0.481. The van der Waals surface area contributed by atoms with Gasteiger partial charge in [0.2, 0.25) is 21.8 Å². The Kier molecular flexibility index (Phi) is 9.89. The number of amides is 2. The summed E-state index contributed by atoms with van der Waals surface area (Å²) in [5, 5.41) is 2.98. The molecule has 192 valence electrons. The van der Waals surface area contributed by atoms with Gasteiger partial charge in [-0.2, -0.15) is 0 Å². The van der Waals surface area contributed by atoms with E-state index in [0.29, 0.717) is 12.1 Å². The second kappa shape index (κ2) is 12.2. The van der Waals surface area contributed by atoms with E-state index in [-0.39, 0.29) is 25.0 Å². The van der Waals surface area contributed by atoms with Gasteiger partial charge in [-0.05, 0) is 63.3 Å². The number of aryl methyl sites for hydroxylation is 3. The van der Waals surface area contributed by atoms with Crippen LogP contribution in [0.25, 0.3) is 0 Å². The average molecular weight is 502 g/mol. The molecule has 2 atom stereocenters. The van der Waals surface area contributed by atoms with Gasteiger partial charge in [0, 0.05) is 12.6 Å². The number of carbonyl (C=O) groups is 2. The van der Waals surface area contributed by atoms with Gasteiger partial charge in [-0.3, -0.25) is 13.9 Å². The Bertz CT molecular complexity index is 1150. The van der Waals surface area contributed by atoms with Crippen molar-refractivity contribution in [2.24, 2.45) is 0 Å². The van der Waals surface area contributed by atoms with Gasteiger partial charge in [0.1, 0.15) is 12.6 Å². The molecule has 35 heavy (non-hydrogen) atoms. The number of benzene rings is 2. The molecule has 0 aliphatic rings. The first-order valence-electron chi connectivity index (χ1n) is 12.1. The van der Waals surface area contributed by atoms with E-state index in [1.165, 1.54) is 4.90 Å². The van der Waals surface area contributed by atoms with Crippen LogP contribution in [-0.4, -0.2) is 50.0 Å². The summed E-state index contributed by atoms with van der Waals surface area (Å²) in [7, 11) is -3.76. The lowest BCUT2D eigenvalue weighted by Crippen LogP contribution is -2.53. The standard InChI is InChI=1S/C27H39N3O4S/c1-8-22(6)28-27(32)24(9-2)29(17-23-12-10-11-19(3)15-23)26(31)18-30(35(7,33)34)25-16-20(4)13-14-21(25)5/h10-16,22,24H,8-9,17-18H2,1-7H3,(H,28,32)/t22-,24+/m0/s1. The maximum absolute atomic E-state index is 13.8. The van der Waals surface area contributed by atoms with Gasteiger partial charge in [-0.25, -0.2) is 8.42 Å². The third kappa shape index (κ3) is 7.82. The predicted octanol–water partition coefficient (Wildman–Crippen LogP) is 4.10. The van der Waals surface area contributed by atoms with Gasteiger partial charge < -0.3 is 10.2 Å². The molecule has 0 aromatic heterocycles. The lowest BCUT2D eigenvalue weighted by Gasteiger charge is -2.33. The van der Waals surface area contributed by atoms with Crippen molar-refractivity contribution in [2.75, 3.05) is 17.1 Å². The number of nitrogens with zero attached hydrogens (tertiary/aromatic N) is 2. The van der Waals surface area contributed by atoms with Crippen LogP contribution >= 0.6 is 0 Å². The number of rotatable bonds is 11. The van der Waals surface area contributed by atoms with Gasteiger partial charge in [0.05, 0.1) is 11.9 Å². The molecule has 0 aliphatic carbocycles. The van der Waals surface area contributed by atoms with Crippen molar-refractivity contribution in [3.8, 4) is 0 Å². The van der Waals surface area contributed by atoms with Crippen LogP contribution in [0.2, 0.25) is 0 Å². The van der Waals surface area contributed by atoms with E-state index in [1.54, 1.807) is 6.07 Å². The number of hydrogen-bond donors (Lipinski definition) is 1. The topological polar surface area (TPSA) is 86.8 Å². The van der Waals surface area contributed by atoms with Gasteiger partial charge in [-0.15, -0.1) is 0 Å². The van der Waals surface area contributed by atoms with Crippen LogP contribution < -0.4 is 9.62 Å². The number of carbonyl (C=O) groups excluding carboxylic acids is 2.